The van der Waals surface area contributed by atoms with E-state index in [-0.39, 0.29) is 18.6 Å². The molecule has 0 saturated carbocycles. The largest absolute Gasteiger partial charge is 0.484 e. The normalized spacial score (nSPS) is 18.2. The van der Waals surface area contributed by atoms with Gasteiger partial charge in [0.25, 0.3) is 5.91 Å². The Kier molecular flexibility index (Phi) is 4.34. The van der Waals surface area contributed by atoms with Crippen LogP contribution in [-0.4, -0.2) is 47.3 Å². The monoisotopic (exact) mass is 303 g/mol. The zero-order valence-corrected chi connectivity index (χ0v) is 12.3. The van der Waals surface area contributed by atoms with Crippen LogP contribution in [0.5, 0.6) is 5.75 Å². The lowest BCUT2D eigenvalue weighted by Crippen LogP contribution is -2.44. The van der Waals surface area contributed by atoms with Gasteiger partial charge in [-0.05, 0) is 12.1 Å². The molecule has 1 aliphatic heterocycles. The summed E-state index contributed by atoms with van der Waals surface area (Å²) in [5.74, 6) is 1.47. The summed E-state index contributed by atoms with van der Waals surface area (Å²) < 4.78 is 16.4. The van der Waals surface area contributed by atoms with Crippen molar-refractivity contribution >= 4 is 5.91 Å². The fraction of sp³-hybridized carbons (Fsp3) is 0.400. The van der Waals surface area contributed by atoms with Crippen LogP contribution in [0.1, 0.15) is 17.9 Å². The Bertz CT molecular complexity index is 629. The predicted octanol–water partition coefficient (Wildman–Crippen LogP) is 1.36. The summed E-state index contributed by atoms with van der Waals surface area (Å²) in [5, 5.41) is 7.73. The maximum atomic E-state index is 12.2. The number of aryl methyl sites for hydroxylation is 1. The van der Waals surface area contributed by atoms with Gasteiger partial charge in [0.05, 0.1) is 13.2 Å². The van der Waals surface area contributed by atoms with Crippen molar-refractivity contribution in [3.63, 3.8) is 0 Å². The first-order chi connectivity index (χ1) is 10.7. The maximum absolute atomic E-state index is 12.2. The Morgan fingerprint density at radius 3 is 2.91 bits per heavy atom. The number of carbonyl (C=O) groups excluding carboxylic acids is 1. The first-order valence-corrected chi connectivity index (χ1v) is 7.09. The predicted molar refractivity (Wildman–Crippen MR) is 76.2 cm³/mol. The molecule has 0 bridgehead atoms. The molecule has 1 atom stereocenters. The maximum Gasteiger partial charge on any atom is 0.260 e. The fourth-order valence-electron chi connectivity index (χ4n) is 2.22. The number of benzene rings is 1. The highest BCUT2D eigenvalue weighted by molar-refractivity contribution is 5.77. The Balaban J connectivity index is 1.56. The minimum Gasteiger partial charge on any atom is -0.484 e. The Morgan fingerprint density at radius 2 is 2.18 bits per heavy atom. The second-order valence-corrected chi connectivity index (χ2v) is 4.96. The van der Waals surface area contributed by atoms with Gasteiger partial charge in [-0.2, -0.15) is 0 Å². The van der Waals surface area contributed by atoms with E-state index in [9.17, 15) is 4.79 Å². The van der Waals surface area contributed by atoms with E-state index in [1.54, 1.807) is 11.8 Å². The summed E-state index contributed by atoms with van der Waals surface area (Å²) in [5.41, 5.74) is 0. The van der Waals surface area contributed by atoms with Crippen LogP contribution in [0.3, 0.4) is 0 Å². The quantitative estimate of drug-likeness (QED) is 0.848. The minimum atomic E-state index is -0.379. The lowest BCUT2D eigenvalue weighted by molar-refractivity contribution is -0.142. The van der Waals surface area contributed by atoms with Gasteiger partial charge in [0.1, 0.15) is 5.75 Å². The van der Waals surface area contributed by atoms with Crippen LogP contribution in [-0.2, 0) is 9.53 Å². The highest BCUT2D eigenvalue weighted by Crippen LogP contribution is 2.21. The molecule has 116 valence electrons. The topological polar surface area (TPSA) is 77.7 Å². The molecular weight excluding hydrogens is 286 g/mol. The second kappa shape index (κ2) is 6.57. The van der Waals surface area contributed by atoms with Crippen LogP contribution in [0.15, 0.2) is 34.7 Å². The molecule has 0 radical (unpaired) electrons. The standard InChI is InChI=1S/C15H17N3O4/c1-11-16-17-15(22-11)13-9-18(7-8-20-13)14(19)10-21-12-5-3-2-4-6-12/h2-6,13H,7-10H2,1H3/t13-/m0/s1. The number of hydrogen-bond acceptors (Lipinski definition) is 6. The number of para-hydroxylation sites is 1. The van der Waals surface area contributed by atoms with Crippen LogP contribution < -0.4 is 4.74 Å². The molecule has 3 rings (SSSR count). The Labute approximate surface area is 127 Å². The number of hydrogen-bond donors (Lipinski definition) is 0. The van der Waals surface area contributed by atoms with E-state index in [2.05, 4.69) is 10.2 Å². The average molecular weight is 303 g/mol. The number of nitrogens with zero attached hydrogens (tertiary/aromatic N) is 3. The molecule has 2 aromatic rings. The number of carbonyl (C=O) groups is 1. The summed E-state index contributed by atoms with van der Waals surface area (Å²) in [6.45, 7) is 3.07. The zero-order valence-electron chi connectivity index (χ0n) is 12.3. The van der Waals surface area contributed by atoms with Crippen molar-refractivity contribution in [3.05, 3.63) is 42.1 Å². The van der Waals surface area contributed by atoms with Gasteiger partial charge in [0.2, 0.25) is 11.8 Å². The summed E-state index contributed by atoms with van der Waals surface area (Å²) in [4.78, 5) is 13.9. The molecule has 2 heterocycles. The molecule has 1 saturated heterocycles. The SMILES string of the molecule is Cc1nnc([C@@H]2CN(C(=O)COc3ccccc3)CCO2)o1. The van der Waals surface area contributed by atoms with Gasteiger partial charge in [0, 0.05) is 13.5 Å². The molecule has 0 N–H and O–H groups in total. The molecular formula is C15H17N3O4. The van der Waals surface area contributed by atoms with Gasteiger partial charge < -0.3 is 18.8 Å². The van der Waals surface area contributed by atoms with Crippen LogP contribution in [0.4, 0.5) is 0 Å². The first kappa shape index (κ1) is 14.5. The van der Waals surface area contributed by atoms with E-state index in [0.29, 0.717) is 37.2 Å². The number of ether oxygens (including phenoxy) is 2. The van der Waals surface area contributed by atoms with Crippen molar-refractivity contribution in [2.24, 2.45) is 0 Å². The number of rotatable bonds is 4. The van der Waals surface area contributed by atoms with Crippen LogP contribution in [0.2, 0.25) is 0 Å². The fourth-order valence-corrected chi connectivity index (χ4v) is 2.22. The molecule has 7 heteroatoms. The number of aromatic nitrogens is 2. The molecule has 1 aromatic carbocycles. The molecule has 22 heavy (non-hydrogen) atoms. The van der Waals surface area contributed by atoms with Crippen molar-refractivity contribution in [2.75, 3.05) is 26.3 Å². The van der Waals surface area contributed by atoms with Crippen molar-refractivity contribution < 1.29 is 18.7 Å². The Hall–Kier alpha value is -2.41. The molecule has 1 aromatic heterocycles. The van der Waals surface area contributed by atoms with E-state index in [0.717, 1.165) is 0 Å². The van der Waals surface area contributed by atoms with Crippen LogP contribution in [0, 0.1) is 6.92 Å². The zero-order chi connectivity index (χ0) is 15.4. The van der Waals surface area contributed by atoms with Gasteiger partial charge >= 0.3 is 0 Å². The highest BCUT2D eigenvalue weighted by atomic mass is 16.5. The summed E-state index contributed by atoms with van der Waals surface area (Å²) >= 11 is 0. The van der Waals surface area contributed by atoms with E-state index >= 15 is 0 Å². The molecule has 0 spiro atoms. The minimum absolute atomic E-state index is 0.000402. The number of amides is 1. The second-order valence-electron chi connectivity index (χ2n) is 4.96. The van der Waals surface area contributed by atoms with E-state index in [4.69, 9.17) is 13.9 Å². The third kappa shape index (κ3) is 3.43. The van der Waals surface area contributed by atoms with Crippen molar-refractivity contribution in [2.45, 2.75) is 13.0 Å². The van der Waals surface area contributed by atoms with Crippen molar-refractivity contribution in [3.8, 4) is 5.75 Å². The molecule has 1 fully saturated rings. The lowest BCUT2D eigenvalue weighted by Gasteiger charge is -2.31. The third-order valence-electron chi connectivity index (χ3n) is 3.34. The third-order valence-corrected chi connectivity index (χ3v) is 3.34. The smallest absolute Gasteiger partial charge is 0.260 e. The van der Waals surface area contributed by atoms with Gasteiger partial charge in [-0.3, -0.25) is 4.79 Å². The van der Waals surface area contributed by atoms with Gasteiger partial charge in [-0.15, -0.1) is 10.2 Å². The summed E-state index contributed by atoms with van der Waals surface area (Å²) in [6, 6.07) is 9.26. The van der Waals surface area contributed by atoms with Crippen molar-refractivity contribution in [1.82, 2.24) is 15.1 Å². The van der Waals surface area contributed by atoms with Crippen molar-refractivity contribution in [1.29, 1.82) is 0 Å². The first-order valence-electron chi connectivity index (χ1n) is 7.09. The van der Waals surface area contributed by atoms with E-state index < -0.39 is 0 Å². The van der Waals surface area contributed by atoms with Gasteiger partial charge in [-0.25, -0.2) is 0 Å². The Morgan fingerprint density at radius 1 is 1.36 bits per heavy atom. The molecule has 0 aliphatic carbocycles. The van der Waals surface area contributed by atoms with E-state index in [1.807, 2.05) is 30.3 Å². The van der Waals surface area contributed by atoms with E-state index in [1.165, 1.54) is 0 Å². The molecule has 1 amide bonds. The van der Waals surface area contributed by atoms with Gasteiger partial charge in [-0.1, -0.05) is 18.2 Å². The average Bonchev–Trinajstić information content (AvgIpc) is 3.00. The van der Waals surface area contributed by atoms with Crippen LogP contribution in [0.25, 0.3) is 0 Å². The summed E-state index contributed by atoms with van der Waals surface area (Å²) in [6.07, 6.45) is -0.379. The number of morpholine rings is 1. The molecule has 0 unspecified atom stereocenters. The highest BCUT2D eigenvalue weighted by Gasteiger charge is 2.29. The lowest BCUT2D eigenvalue weighted by atomic mass is 10.2. The summed E-state index contributed by atoms with van der Waals surface area (Å²) in [7, 11) is 0. The van der Waals surface area contributed by atoms with Gasteiger partial charge in [0.15, 0.2) is 12.7 Å². The van der Waals surface area contributed by atoms with Crippen LogP contribution >= 0.6 is 0 Å². The molecule has 1 aliphatic rings. The molecule has 7 nitrogen and oxygen atoms in total.